The van der Waals surface area contributed by atoms with Crippen molar-refractivity contribution in [3.05, 3.63) is 78.4 Å². The van der Waals surface area contributed by atoms with Crippen LogP contribution in [0.5, 0.6) is 0 Å². The molecule has 0 amide bonds. The second kappa shape index (κ2) is 7.92. The zero-order chi connectivity index (χ0) is 20.3. The van der Waals surface area contributed by atoms with E-state index in [1.165, 1.54) is 5.56 Å². The smallest absolute Gasteiger partial charge is 0.152 e. The minimum atomic E-state index is 0.441. The lowest BCUT2D eigenvalue weighted by Gasteiger charge is -2.09. The van der Waals surface area contributed by atoms with Crippen molar-refractivity contribution in [2.45, 2.75) is 19.7 Å². The fourth-order valence-corrected chi connectivity index (χ4v) is 3.60. The molecular weight excluding hydrogens is 378 g/mol. The third-order valence-corrected chi connectivity index (χ3v) is 5.08. The molecule has 0 aliphatic rings. The van der Waals surface area contributed by atoms with Crippen molar-refractivity contribution < 1.29 is 4.74 Å². The van der Waals surface area contributed by atoms with Crippen LogP contribution >= 0.6 is 0 Å². The van der Waals surface area contributed by atoms with Gasteiger partial charge >= 0.3 is 0 Å². The Morgan fingerprint density at radius 2 is 1.83 bits per heavy atom. The summed E-state index contributed by atoms with van der Waals surface area (Å²) in [7, 11) is 0. The number of fused-ring (bicyclic) bond motifs is 3. The van der Waals surface area contributed by atoms with Crippen LogP contribution in [-0.4, -0.2) is 36.1 Å². The Balaban J connectivity index is 1.27. The van der Waals surface area contributed by atoms with Gasteiger partial charge in [0.2, 0.25) is 0 Å². The number of nitrogens with zero attached hydrogens (tertiary/aromatic N) is 6. The first-order valence-electron chi connectivity index (χ1n) is 9.77. The summed E-state index contributed by atoms with van der Waals surface area (Å²) in [6, 6.07) is 18.1. The highest BCUT2D eigenvalue weighted by atomic mass is 16.5. The Morgan fingerprint density at radius 1 is 1.00 bits per heavy atom. The quantitative estimate of drug-likeness (QED) is 0.423. The predicted octanol–water partition coefficient (Wildman–Crippen LogP) is 3.02. The molecule has 5 rings (SSSR count). The Bertz CT molecular complexity index is 1290. The fourth-order valence-electron chi connectivity index (χ4n) is 3.60. The molecule has 0 saturated heterocycles. The summed E-state index contributed by atoms with van der Waals surface area (Å²) in [5.74, 6) is 0.444. The summed E-state index contributed by atoms with van der Waals surface area (Å²) in [5.41, 5.74) is 10.8. The summed E-state index contributed by atoms with van der Waals surface area (Å²) in [6.45, 7) is 2.30. The molecule has 30 heavy (non-hydrogen) atoms. The number of para-hydroxylation sites is 1. The molecule has 150 valence electrons. The number of rotatable bonds is 7. The average molecular weight is 399 g/mol. The number of hydrogen-bond acceptors (Lipinski definition) is 6. The maximum absolute atomic E-state index is 6.10. The van der Waals surface area contributed by atoms with E-state index in [0.29, 0.717) is 32.1 Å². The highest BCUT2D eigenvalue weighted by Crippen LogP contribution is 2.26. The lowest BCUT2D eigenvalue weighted by molar-refractivity contribution is 0.108. The minimum Gasteiger partial charge on any atom is -0.382 e. The summed E-state index contributed by atoms with van der Waals surface area (Å²) in [5, 5.41) is 9.24. The van der Waals surface area contributed by atoms with E-state index < -0.39 is 0 Å². The molecule has 8 heteroatoms. The lowest BCUT2D eigenvalue weighted by Crippen LogP contribution is -2.10. The molecule has 2 aromatic carbocycles. The largest absolute Gasteiger partial charge is 0.382 e. The number of hydrogen-bond donors (Lipinski definition) is 1. The van der Waals surface area contributed by atoms with E-state index >= 15 is 0 Å². The first kappa shape index (κ1) is 18.3. The van der Waals surface area contributed by atoms with Crippen molar-refractivity contribution in [2.24, 2.45) is 0 Å². The van der Waals surface area contributed by atoms with E-state index in [2.05, 4.69) is 37.0 Å². The van der Waals surface area contributed by atoms with Crippen LogP contribution in [0.4, 0.5) is 5.82 Å². The number of pyridine rings is 1. The molecule has 0 bridgehead atoms. The summed E-state index contributed by atoms with van der Waals surface area (Å²) < 4.78 is 9.85. The number of nitrogens with two attached hydrogens (primary N) is 1. The van der Waals surface area contributed by atoms with Crippen molar-refractivity contribution in [3.63, 3.8) is 0 Å². The van der Waals surface area contributed by atoms with Gasteiger partial charge in [0.1, 0.15) is 5.52 Å². The van der Waals surface area contributed by atoms with Crippen LogP contribution in [0, 0.1) is 0 Å². The van der Waals surface area contributed by atoms with Crippen LogP contribution in [0.25, 0.3) is 21.9 Å². The molecule has 8 nitrogen and oxygen atoms in total. The molecule has 0 fully saturated rings. The molecule has 0 saturated carbocycles. The summed E-state index contributed by atoms with van der Waals surface area (Å²) in [6.07, 6.45) is 3.54. The number of imidazole rings is 1. The molecule has 3 heterocycles. The van der Waals surface area contributed by atoms with Crippen molar-refractivity contribution in [1.29, 1.82) is 0 Å². The molecule has 0 atom stereocenters. The predicted molar refractivity (Wildman–Crippen MR) is 115 cm³/mol. The van der Waals surface area contributed by atoms with Crippen molar-refractivity contribution in [2.75, 3.05) is 12.3 Å². The monoisotopic (exact) mass is 399 g/mol. The van der Waals surface area contributed by atoms with Gasteiger partial charge in [0, 0.05) is 11.9 Å². The van der Waals surface area contributed by atoms with Gasteiger partial charge in [-0.2, -0.15) is 0 Å². The zero-order valence-corrected chi connectivity index (χ0v) is 16.3. The van der Waals surface area contributed by atoms with Gasteiger partial charge in [-0.05, 0) is 11.6 Å². The van der Waals surface area contributed by atoms with E-state index in [9.17, 15) is 0 Å². The van der Waals surface area contributed by atoms with E-state index in [1.807, 2.05) is 47.1 Å². The zero-order valence-electron chi connectivity index (χ0n) is 16.3. The standard InChI is InChI=1S/C22H21N7O/c23-22-20-21(18-8-4-5-9-19(18)26-22)28(15-24-20)10-11-30-14-17-12-25-27-29(17)13-16-6-2-1-3-7-16/h1-9,12,15H,10-11,13-14H2,(H2,23,26). The van der Waals surface area contributed by atoms with Gasteiger partial charge in [-0.15, -0.1) is 5.10 Å². The molecule has 2 N–H and O–H groups in total. The fraction of sp³-hybridized carbons (Fsp3) is 0.182. The minimum absolute atomic E-state index is 0.441. The third-order valence-electron chi connectivity index (χ3n) is 5.08. The van der Waals surface area contributed by atoms with E-state index in [4.69, 9.17) is 10.5 Å². The van der Waals surface area contributed by atoms with E-state index in [1.54, 1.807) is 12.5 Å². The summed E-state index contributed by atoms with van der Waals surface area (Å²) >= 11 is 0. The van der Waals surface area contributed by atoms with Gasteiger partial charge in [-0.3, -0.25) is 0 Å². The van der Waals surface area contributed by atoms with Crippen LogP contribution in [-0.2, 0) is 24.4 Å². The molecule has 0 radical (unpaired) electrons. The Labute approximate surface area is 172 Å². The third kappa shape index (κ3) is 3.48. The molecular formula is C22H21N7O. The second-order valence-electron chi connectivity index (χ2n) is 7.07. The Kier molecular flexibility index (Phi) is 4.82. The van der Waals surface area contributed by atoms with Gasteiger partial charge < -0.3 is 15.0 Å². The van der Waals surface area contributed by atoms with Crippen molar-refractivity contribution >= 4 is 27.8 Å². The normalized spacial score (nSPS) is 11.5. The molecule has 5 aromatic rings. The van der Waals surface area contributed by atoms with Gasteiger partial charge in [0.05, 0.1) is 49.0 Å². The van der Waals surface area contributed by atoms with E-state index in [0.717, 1.165) is 27.6 Å². The first-order valence-corrected chi connectivity index (χ1v) is 9.77. The van der Waals surface area contributed by atoms with Crippen LogP contribution in [0.15, 0.2) is 67.1 Å². The number of aromatic nitrogens is 6. The Morgan fingerprint density at radius 3 is 2.73 bits per heavy atom. The van der Waals surface area contributed by atoms with Gasteiger partial charge in [-0.1, -0.05) is 53.7 Å². The second-order valence-corrected chi connectivity index (χ2v) is 7.07. The van der Waals surface area contributed by atoms with Crippen LogP contribution in [0.2, 0.25) is 0 Å². The topological polar surface area (TPSA) is 96.7 Å². The van der Waals surface area contributed by atoms with E-state index in [-0.39, 0.29) is 0 Å². The molecule has 0 aliphatic carbocycles. The highest BCUT2D eigenvalue weighted by molar-refractivity contribution is 6.06. The first-order chi connectivity index (χ1) is 14.8. The van der Waals surface area contributed by atoms with Crippen LogP contribution in [0.3, 0.4) is 0 Å². The SMILES string of the molecule is Nc1nc2ccccc2c2c1ncn2CCOCc1cnnn1Cc1ccccc1. The van der Waals surface area contributed by atoms with Gasteiger partial charge in [-0.25, -0.2) is 14.6 Å². The van der Waals surface area contributed by atoms with Crippen LogP contribution in [0.1, 0.15) is 11.3 Å². The maximum Gasteiger partial charge on any atom is 0.152 e. The van der Waals surface area contributed by atoms with Crippen molar-refractivity contribution in [3.8, 4) is 0 Å². The average Bonchev–Trinajstić information content (AvgIpc) is 3.40. The van der Waals surface area contributed by atoms with Gasteiger partial charge in [0.25, 0.3) is 0 Å². The number of anilines is 1. The number of benzene rings is 2. The number of nitrogen functional groups attached to an aromatic ring is 1. The van der Waals surface area contributed by atoms with Crippen molar-refractivity contribution in [1.82, 2.24) is 29.5 Å². The molecule has 3 aromatic heterocycles. The van der Waals surface area contributed by atoms with Gasteiger partial charge in [0.15, 0.2) is 5.82 Å². The number of ether oxygens (including phenoxy) is 1. The Hall–Kier alpha value is -3.78. The maximum atomic E-state index is 6.10. The molecule has 0 aliphatic heterocycles. The molecule has 0 spiro atoms. The lowest BCUT2D eigenvalue weighted by atomic mass is 10.2. The molecule has 0 unspecified atom stereocenters. The summed E-state index contributed by atoms with van der Waals surface area (Å²) in [4.78, 5) is 8.90. The highest BCUT2D eigenvalue weighted by Gasteiger charge is 2.12. The van der Waals surface area contributed by atoms with Crippen LogP contribution < -0.4 is 5.73 Å².